The number of thiazole rings is 1. The van der Waals surface area contributed by atoms with Gasteiger partial charge in [0.05, 0.1) is 5.69 Å². The Labute approximate surface area is 162 Å². The van der Waals surface area contributed by atoms with Crippen LogP contribution in [0.15, 0.2) is 47.8 Å². The normalized spacial score (nSPS) is 15.8. The average molecular weight is 379 g/mol. The first-order valence-electron chi connectivity index (χ1n) is 9.33. The van der Waals surface area contributed by atoms with Crippen LogP contribution in [-0.2, 0) is 0 Å². The maximum atomic E-state index is 5.64. The third-order valence-electron chi connectivity index (χ3n) is 4.93. The smallest absolute Gasteiger partial charge is 0.187 e. The van der Waals surface area contributed by atoms with Gasteiger partial charge in [0.15, 0.2) is 16.6 Å². The topological polar surface area (TPSA) is 46.6 Å². The van der Waals surface area contributed by atoms with Crippen molar-refractivity contribution in [3.63, 3.8) is 0 Å². The molecule has 3 aromatic rings. The molecule has 0 saturated carbocycles. The molecule has 5 nitrogen and oxygen atoms in total. The van der Waals surface area contributed by atoms with E-state index in [9.17, 15) is 0 Å². The molecule has 0 atom stereocenters. The Morgan fingerprint density at radius 3 is 2.52 bits per heavy atom. The number of benzene rings is 2. The SMILES string of the molecule is c1cc2c(cc1Nc1nc(-c3ccc(N4CCCC4)cc3)cs1)OCCO2. The van der Waals surface area contributed by atoms with E-state index in [0.29, 0.717) is 13.2 Å². The number of aromatic nitrogens is 1. The summed E-state index contributed by atoms with van der Waals surface area (Å²) in [4.78, 5) is 7.18. The van der Waals surface area contributed by atoms with E-state index in [4.69, 9.17) is 14.5 Å². The molecule has 0 unspecified atom stereocenters. The summed E-state index contributed by atoms with van der Waals surface area (Å²) in [6, 6.07) is 14.6. The van der Waals surface area contributed by atoms with E-state index in [1.54, 1.807) is 11.3 Å². The van der Waals surface area contributed by atoms with Gasteiger partial charge in [-0.3, -0.25) is 0 Å². The Morgan fingerprint density at radius 2 is 1.70 bits per heavy atom. The zero-order valence-corrected chi connectivity index (χ0v) is 15.8. The monoisotopic (exact) mass is 379 g/mol. The highest BCUT2D eigenvalue weighted by Crippen LogP contribution is 2.35. The first-order valence-corrected chi connectivity index (χ1v) is 10.2. The van der Waals surface area contributed by atoms with Crippen molar-refractivity contribution in [1.29, 1.82) is 0 Å². The molecular weight excluding hydrogens is 358 g/mol. The van der Waals surface area contributed by atoms with Gasteiger partial charge >= 0.3 is 0 Å². The zero-order valence-electron chi connectivity index (χ0n) is 15.0. The van der Waals surface area contributed by atoms with Gasteiger partial charge in [-0.15, -0.1) is 11.3 Å². The minimum atomic E-state index is 0.589. The second-order valence-corrected chi connectivity index (χ2v) is 7.62. The quantitative estimate of drug-likeness (QED) is 0.697. The zero-order chi connectivity index (χ0) is 18.1. The van der Waals surface area contributed by atoms with Gasteiger partial charge < -0.3 is 19.7 Å². The third kappa shape index (κ3) is 3.45. The molecule has 1 N–H and O–H groups in total. The van der Waals surface area contributed by atoms with Crippen molar-refractivity contribution in [1.82, 2.24) is 4.98 Å². The van der Waals surface area contributed by atoms with Crippen LogP contribution < -0.4 is 19.7 Å². The minimum Gasteiger partial charge on any atom is -0.486 e. The van der Waals surface area contributed by atoms with Crippen LogP contribution in [0, 0.1) is 0 Å². The molecule has 2 aromatic carbocycles. The lowest BCUT2D eigenvalue weighted by Gasteiger charge is -2.18. The Hall–Kier alpha value is -2.73. The van der Waals surface area contributed by atoms with E-state index < -0.39 is 0 Å². The fourth-order valence-electron chi connectivity index (χ4n) is 3.53. The van der Waals surface area contributed by atoms with Crippen molar-refractivity contribution in [3.05, 3.63) is 47.8 Å². The van der Waals surface area contributed by atoms with E-state index in [0.717, 1.165) is 33.6 Å². The second kappa shape index (κ2) is 7.12. The molecule has 2 aliphatic rings. The fourth-order valence-corrected chi connectivity index (χ4v) is 4.27. The maximum Gasteiger partial charge on any atom is 0.187 e. The number of nitrogens with zero attached hydrogens (tertiary/aromatic N) is 2. The third-order valence-corrected chi connectivity index (χ3v) is 5.69. The summed E-state index contributed by atoms with van der Waals surface area (Å²) in [6.07, 6.45) is 2.59. The number of hydrogen-bond donors (Lipinski definition) is 1. The van der Waals surface area contributed by atoms with Crippen LogP contribution in [0.1, 0.15) is 12.8 Å². The summed E-state index contributed by atoms with van der Waals surface area (Å²) in [7, 11) is 0. The number of anilines is 3. The number of fused-ring (bicyclic) bond motifs is 1. The van der Waals surface area contributed by atoms with Crippen LogP contribution in [0.4, 0.5) is 16.5 Å². The van der Waals surface area contributed by atoms with Gasteiger partial charge in [-0.1, -0.05) is 12.1 Å². The predicted octanol–water partition coefficient (Wildman–Crippen LogP) is 4.93. The van der Waals surface area contributed by atoms with Gasteiger partial charge in [0.1, 0.15) is 13.2 Å². The van der Waals surface area contributed by atoms with Crippen LogP contribution in [0.25, 0.3) is 11.3 Å². The molecule has 27 heavy (non-hydrogen) atoms. The standard InChI is InChI=1S/C21H21N3O2S/c1-2-10-24(9-1)17-6-3-15(4-7-17)18-14-27-21(23-18)22-16-5-8-19-20(13-16)26-12-11-25-19/h3-8,13-14H,1-2,9-12H2,(H,22,23). The predicted molar refractivity (Wildman–Crippen MR) is 110 cm³/mol. The van der Waals surface area contributed by atoms with Crippen molar-refractivity contribution in [2.45, 2.75) is 12.8 Å². The van der Waals surface area contributed by atoms with Crippen molar-refractivity contribution in [3.8, 4) is 22.8 Å². The first kappa shape index (κ1) is 16.4. The molecule has 1 fully saturated rings. The molecule has 2 aliphatic heterocycles. The molecule has 5 rings (SSSR count). The molecular formula is C21H21N3O2S. The van der Waals surface area contributed by atoms with Crippen LogP contribution in [0.5, 0.6) is 11.5 Å². The fraction of sp³-hybridized carbons (Fsp3) is 0.286. The van der Waals surface area contributed by atoms with E-state index in [1.807, 2.05) is 18.2 Å². The van der Waals surface area contributed by atoms with Gasteiger partial charge in [0.2, 0.25) is 0 Å². The van der Waals surface area contributed by atoms with Gasteiger partial charge in [0, 0.05) is 41.5 Å². The Bertz CT molecular complexity index is 933. The molecule has 3 heterocycles. The Kier molecular flexibility index (Phi) is 4.33. The van der Waals surface area contributed by atoms with Crippen molar-refractivity contribution >= 4 is 27.8 Å². The number of hydrogen-bond acceptors (Lipinski definition) is 6. The summed E-state index contributed by atoms with van der Waals surface area (Å²) in [6.45, 7) is 3.52. The summed E-state index contributed by atoms with van der Waals surface area (Å²) in [5.41, 5.74) is 4.39. The Morgan fingerprint density at radius 1 is 0.926 bits per heavy atom. The number of rotatable bonds is 4. The van der Waals surface area contributed by atoms with Crippen LogP contribution in [-0.4, -0.2) is 31.3 Å². The number of ether oxygens (including phenoxy) is 2. The van der Waals surface area contributed by atoms with Crippen molar-refractivity contribution in [2.24, 2.45) is 0 Å². The molecule has 1 aromatic heterocycles. The lowest BCUT2D eigenvalue weighted by molar-refractivity contribution is 0.171. The van der Waals surface area contributed by atoms with E-state index in [-0.39, 0.29) is 0 Å². The maximum absolute atomic E-state index is 5.64. The first-order chi connectivity index (χ1) is 13.3. The molecule has 0 aliphatic carbocycles. The van der Waals surface area contributed by atoms with E-state index >= 15 is 0 Å². The van der Waals surface area contributed by atoms with Gasteiger partial charge in [-0.25, -0.2) is 4.98 Å². The van der Waals surface area contributed by atoms with Crippen LogP contribution >= 0.6 is 11.3 Å². The Balaban J connectivity index is 1.31. The van der Waals surface area contributed by atoms with Gasteiger partial charge in [-0.2, -0.15) is 0 Å². The molecule has 0 spiro atoms. The summed E-state index contributed by atoms with van der Waals surface area (Å²) in [5, 5.41) is 6.32. The van der Waals surface area contributed by atoms with Crippen molar-refractivity contribution in [2.75, 3.05) is 36.5 Å². The molecule has 0 radical (unpaired) electrons. The molecule has 6 heteroatoms. The average Bonchev–Trinajstić information content (AvgIpc) is 3.40. The molecule has 138 valence electrons. The van der Waals surface area contributed by atoms with Crippen molar-refractivity contribution < 1.29 is 9.47 Å². The van der Waals surface area contributed by atoms with E-state index in [2.05, 4.69) is 39.9 Å². The summed E-state index contributed by atoms with van der Waals surface area (Å²) >= 11 is 1.60. The summed E-state index contributed by atoms with van der Waals surface area (Å²) in [5.74, 6) is 1.57. The second-order valence-electron chi connectivity index (χ2n) is 6.76. The lowest BCUT2D eigenvalue weighted by Crippen LogP contribution is -2.17. The minimum absolute atomic E-state index is 0.589. The molecule has 1 saturated heterocycles. The van der Waals surface area contributed by atoms with Crippen LogP contribution in [0.2, 0.25) is 0 Å². The molecule has 0 bridgehead atoms. The van der Waals surface area contributed by atoms with Crippen LogP contribution in [0.3, 0.4) is 0 Å². The highest BCUT2D eigenvalue weighted by Gasteiger charge is 2.14. The molecule has 0 amide bonds. The lowest BCUT2D eigenvalue weighted by atomic mass is 10.1. The largest absolute Gasteiger partial charge is 0.486 e. The highest BCUT2D eigenvalue weighted by atomic mass is 32.1. The van der Waals surface area contributed by atoms with Gasteiger partial charge in [-0.05, 0) is 37.1 Å². The number of nitrogens with one attached hydrogen (secondary N) is 1. The van der Waals surface area contributed by atoms with Gasteiger partial charge in [0.25, 0.3) is 0 Å². The van der Waals surface area contributed by atoms with E-state index in [1.165, 1.54) is 31.6 Å². The highest BCUT2D eigenvalue weighted by molar-refractivity contribution is 7.14. The summed E-state index contributed by atoms with van der Waals surface area (Å²) < 4.78 is 11.2.